The van der Waals surface area contributed by atoms with Gasteiger partial charge in [-0.15, -0.1) is 0 Å². The van der Waals surface area contributed by atoms with Gasteiger partial charge in [0.05, 0.1) is 24.3 Å². The number of aliphatic hydroxyl groups excluding tert-OH is 1. The van der Waals surface area contributed by atoms with Gasteiger partial charge in [0.1, 0.15) is 11.2 Å². The van der Waals surface area contributed by atoms with Crippen molar-refractivity contribution in [1.29, 1.82) is 0 Å². The van der Waals surface area contributed by atoms with Crippen molar-refractivity contribution in [3.63, 3.8) is 0 Å². The third-order valence-corrected chi connectivity index (χ3v) is 5.99. The fourth-order valence-electron chi connectivity index (χ4n) is 4.07. The van der Waals surface area contributed by atoms with Gasteiger partial charge in [0.15, 0.2) is 0 Å². The highest BCUT2D eigenvalue weighted by Crippen LogP contribution is 2.44. The summed E-state index contributed by atoms with van der Waals surface area (Å²) in [7, 11) is 0. The van der Waals surface area contributed by atoms with Crippen LogP contribution in [0.4, 0.5) is 26.3 Å². The number of carbonyl (C=O) groups excluding carboxylic acids is 2. The van der Waals surface area contributed by atoms with Crippen LogP contribution in [0.5, 0.6) is 0 Å². The van der Waals surface area contributed by atoms with Crippen LogP contribution >= 0.6 is 0 Å². The SMILES string of the molecule is C[C@]1(C(=O)NCCO)CC[C@](CNC(=O)c2cc(C(F)(F)F)cc(C(F)(F)F)c2)(c2ccccc2)O1. The molecule has 1 fully saturated rings. The molecule has 1 heterocycles. The summed E-state index contributed by atoms with van der Waals surface area (Å²) in [6.07, 6.45) is -9.77. The third kappa shape index (κ3) is 5.98. The molecular weight excluding hydrogens is 494 g/mol. The molecule has 0 saturated carbocycles. The van der Waals surface area contributed by atoms with Crippen molar-refractivity contribution in [2.24, 2.45) is 0 Å². The Morgan fingerprint density at radius 1 is 0.944 bits per heavy atom. The number of benzene rings is 2. The first-order valence-electron chi connectivity index (χ1n) is 10.9. The van der Waals surface area contributed by atoms with Crippen LogP contribution in [0.15, 0.2) is 48.5 Å². The molecule has 3 N–H and O–H groups in total. The molecule has 3 rings (SSSR count). The van der Waals surface area contributed by atoms with E-state index in [9.17, 15) is 35.9 Å². The lowest BCUT2D eigenvalue weighted by molar-refractivity contribution is -0.154. The fraction of sp³-hybridized carbons (Fsp3) is 0.417. The van der Waals surface area contributed by atoms with Crippen molar-refractivity contribution in [2.45, 2.75) is 43.3 Å². The topological polar surface area (TPSA) is 87.7 Å². The number of aliphatic hydroxyl groups is 1. The van der Waals surface area contributed by atoms with Gasteiger partial charge in [-0.2, -0.15) is 26.3 Å². The molecule has 1 aliphatic rings. The van der Waals surface area contributed by atoms with Crippen molar-refractivity contribution < 1.29 is 45.8 Å². The summed E-state index contributed by atoms with van der Waals surface area (Å²) in [4.78, 5) is 25.4. The molecule has 2 atom stereocenters. The van der Waals surface area contributed by atoms with Crippen molar-refractivity contribution in [3.8, 4) is 0 Å². The lowest BCUT2D eigenvalue weighted by Gasteiger charge is -2.33. The van der Waals surface area contributed by atoms with Gasteiger partial charge in [0.2, 0.25) is 0 Å². The van der Waals surface area contributed by atoms with E-state index in [1.165, 1.54) is 6.92 Å². The number of ether oxygens (including phenoxy) is 1. The molecule has 1 saturated heterocycles. The normalized spacial score (nSPS) is 22.3. The summed E-state index contributed by atoms with van der Waals surface area (Å²) in [5.74, 6) is -1.67. The molecule has 0 aromatic heterocycles. The summed E-state index contributed by atoms with van der Waals surface area (Å²) >= 11 is 0. The average Bonchev–Trinajstić information content (AvgIpc) is 3.19. The van der Waals surface area contributed by atoms with E-state index in [-0.39, 0.29) is 38.6 Å². The zero-order valence-electron chi connectivity index (χ0n) is 19.1. The summed E-state index contributed by atoms with van der Waals surface area (Å²) in [6.45, 7) is 0.896. The lowest BCUT2D eigenvalue weighted by Crippen LogP contribution is -2.49. The molecule has 2 aromatic carbocycles. The standard InChI is InChI=1S/C24H24F6N2O4/c1-21(20(35)31-9-10-33)7-8-22(36-21,16-5-3-2-4-6-16)14-32-19(34)15-11-17(23(25,26)27)13-18(12-15)24(28,29)30/h2-6,11-13,33H,7-10,14H2,1H3,(H,31,35)(H,32,34)/t21-,22+/m1/s1. The second-order valence-electron chi connectivity index (χ2n) is 8.65. The fourth-order valence-corrected chi connectivity index (χ4v) is 4.07. The predicted molar refractivity (Wildman–Crippen MR) is 116 cm³/mol. The van der Waals surface area contributed by atoms with E-state index in [1.807, 2.05) is 0 Å². The Labute approximate surface area is 202 Å². The molecule has 1 aliphatic heterocycles. The molecule has 2 amide bonds. The minimum atomic E-state index is -5.10. The van der Waals surface area contributed by atoms with Crippen LogP contribution in [0.3, 0.4) is 0 Å². The maximum atomic E-state index is 13.2. The van der Waals surface area contributed by atoms with E-state index in [4.69, 9.17) is 9.84 Å². The maximum Gasteiger partial charge on any atom is 0.416 e. The summed E-state index contributed by atoms with van der Waals surface area (Å²) in [6, 6.07) is 9.09. The van der Waals surface area contributed by atoms with E-state index >= 15 is 0 Å². The predicted octanol–water partition coefficient (Wildman–Crippen LogP) is 4.03. The average molecular weight is 518 g/mol. The number of rotatable bonds is 7. The van der Waals surface area contributed by atoms with Gasteiger partial charge >= 0.3 is 12.4 Å². The lowest BCUT2D eigenvalue weighted by atomic mass is 9.89. The molecule has 6 nitrogen and oxygen atoms in total. The van der Waals surface area contributed by atoms with Gasteiger partial charge in [0.25, 0.3) is 11.8 Å². The molecule has 0 aliphatic carbocycles. The highest BCUT2D eigenvalue weighted by Gasteiger charge is 2.51. The van der Waals surface area contributed by atoms with Gasteiger partial charge in [-0.05, 0) is 43.5 Å². The maximum absolute atomic E-state index is 13.2. The molecule has 0 spiro atoms. The van der Waals surface area contributed by atoms with Gasteiger partial charge in [-0.3, -0.25) is 9.59 Å². The summed E-state index contributed by atoms with van der Waals surface area (Å²) in [5.41, 5.74) is -6.10. The smallest absolute Gasteiger partial charge is 0.395 e. The summed E-state index contributed by atoms with van der Waals surface area (Å²) < 4.78 is 85.3. The monoisotopic (exact) mass is 518 g/mol. The highest BCUT2D eigenvalue weighted by atomic mass is 19.4. The van der Waals surface area contributed by atoms with Crippen LogP contribution in [0.25, 0.3) is 0 Å². The molecular formula is C24H24F6N2O4. The molecule has 0 bridgehead atoms. The van der Waals surface area contributed by atoms with Crippen LogP contribution in [-0.4, -0.2) is 42.2 Å². The van der Waals surface area contributed by atoms with Crippen molar-refractivity contribution >= 4 is 11.8 Å². The Morgan fingerprint density at radius 3 is 2.06 bits per heavy atom. The molecule has 0 radical (unpaired) electrons. The van der Waals surface area contributed by atoms with E-state index < -0.39 is 52.1 Å². The highest BCUT2D eigenvalue weighted by molar-refractivity contribution is 5.94. The first-order valence-corrected chi connectivity index (χ1v) is 10.9. The minimum Gasteiger partial charge on any atom is -0.395 e. The first kappa shape index (κ1) is 27.5. The Kier molecular flexibility index (Phi) is 7.70. The van der Waals surface area contributed by atoms with E-state index in [0.717, 1.165) is 0 Å². The van der Waals surface area contributed by atoms with Crippen molar-refractivity contribution in [1.82, 2.24) is 10.6 Å². The van der Waals surface area contributed by atoms with Crippen molar-refractivity contribution in [3.05, 3.63) is 70.8 Å². The van der Waals surface area contributed by atoms with Gasteiger partial charge < -0.3 is 20.5 Å². The number of halogens is 6. The van der Waals surface area contributed by atoms with Crippen LogP contribution in [0.2, 0.25) is 0 Å². The van der Waals surface area contributed by atoms with Crippen molar-refractivity contribution in [2.75, 3.05) is 19.7 Å². The van der Waals surface area contributed by atoms with Gasteiger partial charge in [0, 0.05) is 12.1 Å². The number of alkyl halides is 6. The molecule has 12 heteroatoms. The quantitative estimate of drug-likeness (QED) is 0.484. The molecule has 0 unspecified atom stereocenters. The largest absolute Gasteiger partial charge is 0.416 e. The second kappa shape index (κ2) is 10.1. The molecule has 36 heavy (non-hydrogen) atoms. The Bertz CT molecular complexity index is 1070. The second-order valence-corrected chi connectivity index (χ2v) is 8.65. The van der Waals surface area contributed by atoms with Crippen LogP contribution in [-0.2, 0) is 27.5 Å². The van der Waals surface area contributed by atoms with E-state index in [0.29, 0.717) is 17.7 Å². The number of hydrogen-bond donors (Lipinski definition) is 3. The number of amides is 2. The number of carbonyl (C=O) groups is 2. The van der Waals surface area contributed by atoms with E-state index in [2.05, 4.69) is 10.6 Å². The van der Waals surface area contributed by atoms with Gasteiger partial charge in [-0.1, -0.05) is 30.3 Å². The van der Waals surface area contributed by atoms with Crippen LogP contribution in [0, 0.1) is 0 Å². The van der Waals surface area contributed by atoms with Gasteiger partial charge in [-0.25, -0.2) is 0 Å². The van der Waals surface area contributed by atoms with Crippen LogP contribution < -0.4 is 10.6 Å². The first-order chi connectivity index (χ1) is 16.7. The zero-order chi connectivity index (χ0) is 26.8. The van der Waals surface area contributed by atoms with E-state index in [1.54, 1.807) is 30.3 Å². The third-order valence-electron chi connectivity index (χ3n) is 5.99. The molecule has 196 valence electrons. The number of hydrogen-bond acceptors (Lipinski definition) is 4. The van der Waals surface area contributed by atoms with Crippen LogP contribution in [0.1, 0.15) is 46.8 Å². The Morgan fingerprint density at radius 2 is 1.53 bits per heavy atom. The Hall–Kier alpha value is -3.12. The number of nitrogens with one attached hydrogen (secondary N) is 2. The summed E-state index contributed by atoms with van der Waals surface area (Å²) in [5, 5.41) is 13.9. The minimum absolute atomic E-state index is 0.00998. The zero-order valence-corrected chi connectivity index (χ0v) is 19.1. The molecule has 2 aromatic rings. The Balaban J connectivity index is 1.90.